The van der Waals surface area contributed by atoms with Crippen LogP contribution < -0.4 is 16.4 Å². The number of benzene rings is 1. The van der Waals surface area contributed by atoms with Crippen molar-refractivity contribution in [1.82, 2.24) is 19.7 Å². The molecule has 0 saturated heterocycles. The summed E-state index contributed by atoms with van der Waals surface area (Å²) in [5.41, 5.74) is 5.10. The number of hydrogen-bond donors (Lipinski definition) is 3. The molecular formula is C20H24F3N7O. The number of halogens is 3. The number of hydrogen-bond acceptors (Lipinski definition) is 6. The van der Waals surface area contributed by atoms with Crippen molar-refractivity contribution in [2.75, 3.05) is 17.2 Å². The van der Waals surface area contributed by atoms with Gasteiger partial charge in [0.1, 0.15) is 11.4 Å². The van der Waals surface area contributed by atoms with Crippen molar-refractivity contribution in [3.63, 3.8) is 0 Å². The molecule has 0 bridgehead atoms. The zero-order chi connectivity index (χ0) is 22.8. The number of rotatable bonds is 8. The number of alkyl halides is 3. The van der Waals surface area contributed by atoms with E-state index < -0.39 is 23.1 Å². The monoisotopic (exact) mass is 435 g/mol. The van der Waals surface area contributed by atoms with Gasteiger partial charge in [0.05, 0.1) is 11.7 Å². The third-order valence-corrected chi connectivity index (χ3v) is 5.04. The first-order chi connectivity index (χ1) is 14.5. The number of carbonyl (C=O) groups excluding carboxylic acids is 1. The van der Waals surface area contributed by atoms with Crippen LogP contribution in [0.3, 0.4) is 0 Å². The summed E-state index contributed by atoms with van der Waals surface area (Å²) in [6.07, 6.45) is -1.28. The number of nitrogens with one attached hydrogen (secondary N) is 2. The first-order valence-electron chi connectivity index (χ1n) is 9.64. The fourth-order valence-corrected chi connectivity index (χ4v) is 3.00. The van der Waals surface area contributed by atoms with Gasteiger partial charge in [-0.25, -0.2) is 4.98 Å². The lowest BCUT2D eigenvalue weighted by Gasteiger charge is -2.20. The fourth-order valence-electron chi connectivity index (χ4n) is 3.00. The predicted molar refractivity (Wildman–Crippen MR) is 112 cm³/mol. The van der Waals surface area contributed by atoms with Crippen LogP contribution in [0.2, 0.25) is 0 Å². The molecule has 8 nitrogen and oxygen atoms in total. The Morgan fingerprint density at radius 1 is 1.23 bits per heavy atom. The van der Waals surface area contributed by atoms with Gasteiger partial charge in [-0.15, -0.1) is 0 Å². The molecule has 1 amide bonds. The molecule has 0 fully saturated rings. The summed E-state index contributed by atoms with van der Waals surface area (Å²) in [5.74, 6) is -0.764. The molecule has 0 aliphatic heterocycles. The minimum Gasteiger partial charge on any atom is -0.369 e. The quantitative estimate of drug-likeness (QED) is 0.464. The molecule has 4 N–H and O–H groups in total. The number of aryl methyl sites for hydroxylation is 1. The third kappa shape index (κ3) is 5.22. The zero-order valence-corrected chi connectivity index (χ0v) is 17.4. The van der Waals surface area contributed by atoms with E-state index in [0.717, 1.165) is 17.1 Å². The summed E-state index contributed by atoms with van der Waals surface area (Å²) in [5, 5.41) is 10.7. The Morgan fingerprint density at radius 2 is 1.97 bits per heavy atom. The Balaban J connectivity index is 1.77. The maximum atomic E-state index is 13.4. The number of amides is 1. The Morgan fingerprint density at radius 3 is 2.65 bits per heavy atom. The summed E-state index contributed by atoms with van der Waals surface area (Å²) in [6, 6.07) is 5.42. The van der Waals surface area contributed by atoms with E-state index in [1.165, 1.54) is 0 Å². The largest absolute Gasteiger partial charge is 0.421 e. The second-order valence-electron chi connectivity index (χ2n) is 7.90. The predicted octanol–water partition coefficient (Wildman–Crippen LogP) is 3.83. The van der Waals surface area contributed by atoms with Crippen LogP contribution in [0, 0.1) is 5.41 Å². The summed E-state index contributed by atoms with van der Waals surface area (Å²) in [6.45, 7) is 3.59. The summed E-state index contributed by atoms with van der Waals surface area (Å²) in [4.78, 5) is 19.2. The molecule has 0 unspecified atom stereocenters. The number of nitrogens with zero attached hydrogens (tertiary/aromatic N) is 4. The molecule has 2 heterocycles. The van der Waals surface area contributed by atoms with E-state index in [4.69, 9.17) is 5.73 Å². The molecule has 0 radical (unpaired) electrons. The average Bonchev–Trinajstić information content (AvgIpc) is 3.05. The Bertz CT molecular complexity index is 1090. The lowest BCUT2D eigenvalue weighted by atomic mass is 9.87. The van der Waals surface area contributed by atoms with Crippen molar-refractivity contribution < 1.29 is 18.0 Å². The number of aromatic nitrogens is 4. The van der Waals surface area contributed by atoms with Gasteiger partial charge >= 0.3 is 6.18 Å². The molecular weight excluding hydrogens is 411 g/mol. The number of anilines is 3. The lowest BCUT2D eigenvalue weighted by molar-refractivity contribution is -0.137. The first-order valence-corrected chi connectivity index (χ1v) is 9.64. The molecule has 0 saturated carbocycles. The van der Waals surface area contributed by atoms with E-state index >= 15 is 0 Å². The highest BCUT2D eigenvalue weighted by Gasteiger charge is 2.35. The summed E-state index contributed by atoms with van der Waals surface area (Å²) >= 11 is 0. The standard InChI is InChI=1S/C20H24F3N7O/c1-19(2,17(24)31)7-4-8-25-16-14(20(21,22)23)11-26-18(29-16)28-13-6-5-12-10-27-30(3)15(12)9-13/h5-6,9-11H,4,7-8H2,1-3H3,(H2,24,31)(H2,25,26,28,29). The number of fused-ring (bicyclic) bond motifs is 1. The van der Waals surface area contributed by atoms with Crippen molar-refractivity contribution in [2.24, 2.45) is 18.2 Å². The van der Waals surface area contributed by atoms with Crippen molar-refractivity contribution in [3.05, 3.63) is 36.2 Å². The van der Waals surface area contributed by atoms with Crippen LogP contribution in [0.15, 0.2) is 30.6 Å². The molecule has 166 valence electrons. The van der Waals surface area contributed by atoms with Gasteiger partial charge in [-0.2, -0.15) is 23.3 Å². The maximum Gasteiger partial charge on any atom is 0.421 e. The Kier molecular flexibility index (Phi) is 6.05. The second kappa shape index (κ2) is 8.40. The maximum absolute atomic E-state index is 13.4. The van der Waals surface area contributed by atoms with Crippen LogP contribution in [0.4, 0.5) is 30.6 Å². The molecule has 0 atom stereocenters. The Labute approximate surface area is 177 Å². The minimum atomic E-state index is -4.61. The molecule has 0 spiro atoms. The second-order valence-corrected chi connectivity index (χ2v) is 7.90. The van der Waals surface area contributed by atoms with Crippen LogP contribution >= 0.6 is 0 Å². The average molecular weight is 435 g/mol. The van der Waals surface area contributed by atoms with Gasteiger partial charge in [0.15, 0.2) is 0 Å². The van der Waals surface area contributed by atoms with E-state index in [-0.39, 0.29) is 18.3 Å². The van der Waals surface area contributed by atoms with Crippen molar-refractivity contribution in [3.8, 4) is 0 Å². The number of nitrogens with two attached hydrogens (primary N) is 1. The van der Waals surface area contributed by atoms with Gasteiger partial charge in [-0.1, -0.05) is 13.8 Å². The van der Waals surface area contributed by atoms with Crippen LogP contribution in [0.25, 0.3) is 10.9 Å². The minimum absolute atomic E-state index is 0.0227. The molecule has 3 aromatic rings. The molecule has 1 aromatic carbocycles. The van der Waals surface area contributed by atoms with E-state index in [0.29, 0.717) is 18.5 Å². The van der Waals surface area contributed by atoms with Gasteiger partial charge in [-0.05, 0) is 31.0 Å². The SMILES string of the molecule is Cn1ncc2ccc(Nc3ncc(C(F)(F)F)c(NCCCC(C)(C)C(N)=O)n3)cc21. The number of carbonyl (C=O) groups is 1. The molecule has 2 aromatic heterocycles. The molecule has 0 aliphatic rings. The molecule has 11 heteroatoms. The van der Waals surface area contributed by atoms with Gasteiger partial charge in [-0.3, -0.25) is 9.48 Å². The zero-order valence-electron chi connectivity index (χ0n) is 17.4. The lowest BCUT2D eigenvalue weighted by Crippen LogP contribution is -2.31. The summed E-state index contributed by atoms with van der Waals surface area (Å²) < 4.78 is 41.8. The highest BCUT2D eigenvalue weighted by Crippen LogP contribution is 2.34. The summed E-state index contributed by atoms with van der Waals surface area (Å²) in [7, 11) is 1.79. The van der Waals surface area contributed by atoms with Crippen LogP contribution in [-0.2, 0) is 18.0 Å². The van der Waals surface area contributed by atoms with E-state index in [2.05, 4.69) is 25.7 Å². The highest BCUT2D eigenvalue weighted by molar-refractivity contribution is 5.83. The van der Waals surface area contributed by atoms with Gasteiger partial charge in [0.2, 0.25) is 11.9 Å². The van der Waals surface area contributed by atoms with E-state index in [1.54, 1.807) is 37.8 Å². The molecule has 3 rings (SSSR count). The first kappa shape index (κ1) is 22.3. The fraction of sp³-hybridized carbons (Fsp3) is 0.400. The highest BCUT2D eigenvalue weighted by atomic mass is 19.4. The third-order valence-electron chi connectivity index (χ3n) is 5.04. The molecule has 0 aliphatic carbocycles. The topological polar surface area (TPSA) is 111 Å². The van der Waals surface area contributed by atoms with Crippen LogP contribution in [-0.4, -0.2) is 32.2 Å². The smallest absolute Gasteiger partial charge is 0.369 e. The van der Waals surface area contributed by atoms with Crippen molar-refractivity contribution in [2.45, 2.75) is 32.9 Å². The van der Waals surface area contributed by atoms with Gasteiger partial charge in [0.25, 0.3) is 0 Å². The van der Waals surface area contributed by atoms with Crippen LogP contribution in [0.5, 0.6) is 0 Å². The molecule has 31 heavy (non-hydrogen) atoms. The van der Waals surface area contributed by atoms with E-state index in [9.17, 15) is 18.0 Å². The van der Waals surface area contributed by atoms with E-state index in [1.807, 2.05) is 12.1 Å². The van der Waals surface area contributed by atoms with Crippen LogP contribution in [0.1, 0.15) is 32.3 Å². The van der Waals surface area contributed by atoms with Crippen molar-refractivity contribution >= 4 is 34.3 Å². The normalized spacial score (nSPS) is 12.2. The Hall–Kier alpha value is -3.37. The van der Waals surface area contributed by atoms with Gasteiger partial charge in [0, 0.05) is 36.3 Å². The van der Waals surface area contributed by atoms with Crippen molar-refractivity contribution in [1.29, 1.82) is 0 Å². The number of primary amides is 1. The van der Waals surface area contributed by atoms with Gasteiger partial charge < -0.3 is 16.4 Å².